The Labute approximate surface area is 212 Å². The molecule has 1 atom stereocenters. The molecular formula is C24H23ClN2O5S2. The Bertz CT molecular complexity index is 1120. The zero-order valence-electron chi connectivity index (χ0n) is 18.4. The fourth-order valence-electron chi connectivity index (χ4n) is 3.62. The van der Waals surface area contributed by atoms with Crippen LogP contribution in [0.4, 0.5) is 5.69 Å². The van der Waals surface area contributed by atoms with Gasteiger partial charge in [-0.1, -0.05) is 53.8 Å². The maximum absolute atomic E-state index is 12.9. The maximum atomic E-state index is 12.9. The van der Waals surface area contributed by atoms with Crippen molar-refractivity contribution in [1.29, 1.82) is 0 Å². The monoisotopic (exact) mass is 518 g/mol. The third kappa shape index (κ3) is 5.90. The van der Waals surface area contributed by atoms with Crippen molar-refractivity contribution >= 4 is 63.5 Å². The molecule has 1 N–H and O–H groups in total. The number of hydrogen-bond acceptors (Lipinski definition) is 7. The van der Waals surface area contributed by atoms with Gasteiger partial charge in [0.1, 0.15) is 4.32 Å². The first-order chi connectivity index (χ1) is 16.4. The summed E-state index contributed by atoms with van der Waals surface area (Å²) in [6.45, 7) is 0.937. The largest absolute Gasteiger partial charge is 0.493 e. The third-order valence-electron chi connectivity index (χ3n) is 5.24. The zero-order valence-corrected chi connectivity index (χ0v) is 20.8. The van der Waals surface area contributed by atoms with Crippen LogP contribution in [0.2, 0.25) is 5.02 Å². The van der Waals surface area contributed by atoms with Crippen molar-refractivity contribution in [2.45, 2.75) is 18.9 Å². The molecule has 2 aliphatic heterocycles. The van der Waals surface area contributed by atoms with Crippen molar-refractivity contribution in [1.82, 2.24) is 4.90 Å². The lowest BCUT2D eigenvalue weighted by atomic mass is 10.1. The van der Waals surface area contributed by atoms with Crippen LogP contribution in [0.3, 0.4) is 0 Å². The van der Waals surface area contributed by atoms with E-state index in [1.807, 2.05) is 18.2 Å². The number of benzene rings is 2. The van der Waals surface area contributed by atoms with E-state index in [0.29, 0.717) is 32.8 Å². The molecule has 2 amide bonds. The van der Waals surface area contributed by atoms with Crippen LogP contribution in [0, 0.1) is 0 Å². The van der Waals surface area contributed by atoms with Crippen LogP contribution in [0.5, 0.6) is 11.5 Å². The van der Waals surface area contributed by atoms with Crippen LogP contribution in [-0.2, 0) is 14.3 Å². The Morgan fingerprint density at radius 2 is 2.15 bits per heavy atom. The predicted octanol–water partition coefficient (Wildman–Crippen LogP) is 4.75. The molecule has 2 fully saturated rings. The number of halogens is 1. The van der Waals surface area contributed by atoms with Crippen LogP contribution in [0.25, 0.3) is 6.08 Å². The molecule has 2 aliphatic rings. The highest BCUT2D eigenvalue weighted by molar-refractivity contribution is 8.26. The van der Waals surface area contributed by atoms with E-state index >= 15 is 0 Å². The van der Waals surface area contributed by atoms with Gasteiger partial charge in [0, 0.05) is 12.3 Å². The number of amides is 2. The Kier molecular flexibility index (Phi) is 8.10. The topological polar surface area (TPSA) is 77.1 Å². The third-order valence-corrected chi connectivity index (χ3v) is 6.90. The highest BCUT2D eigenvalue weighted by Gasteiger charge is 2.34. The van der Waals surface area contributed by atoms with E-state index in [4.69, 9.17) is 38.0 Å². The average Bonchev–Trinajstić information content (AvgIpc) is 3.43. The number of carbonyl (C=O) groups is 2. The second-order valence-electron chi connectivity index (χ2n) is 7.66. The SMILES string of the molecule is COc1cc(/C=C2\SC(=S)N(C[C@H]3CCCO3)C2=O)cc(Cl)c1OCC(=O)Nc1ccccc1. The molecule has 0 aliphatic carbocycles. The first-order valence-corrected chi connectivity index (χ1v) is 12.3. The quantitative estimate of drug-likeness (QED) is 0.399. The first-order valence-electron chi connectivity index (χ1n) is 10.7. The van der Waals surface area contributed by atoms with Gasteiger partial charge in [-0.2, -0.15) is 0 Å². The lowest BCUT2D eigenvalue weighted by molar-refractivity contribution is -0.123. The first kappa shape index (κ1) is 24.5. The van der Waals surface area contributed by atoms with Crippen LogP contribution >= 0.6 is 35.6 Å². The summed E-state index contributed by atoms with van der Waals surface area (Å²) in [6.07, 6.45) is 3.66. The highest BCUT2D eigenvalue weighted by atomic mass is 35.5. The molecule has 2 heterocycles. The summed E-state index contributed by atoms with van der Waals surface area (Å²) >= 11 is 13.1. The van der Waals surface area contributed by atoms with Gasteiger partial charge in [0.25, 0.3) is 11.8 Å². The van der Waals surface area contributed by atoms with Crippen molar-refractivity contribution < 1.29 is 23.8 Å². The summed E-state index contributed by atoms with van der Waals surface area (Å²) in [5.41, 5.74) is 1.32. The van der Waals surface area contributed by atoms with Crippen LogP contribution in [0.1, 0.15) is 18.4 Å². The van der Waals surface area contributed by atoms with Crippen molar-refractivity contribution in [2.75, 3.05) is 32.2 Å². The standard InChI is InChI=1S/C24H23ClN2O5S2/c1-30-19-11-15(12-20-23(29)27(24(33)34-20)13-17-8-5-9-31-17)10-18(25)22(19)32-14-21(28)26-16-6-3-2-4-7-16/h2-4,6-7,10-12,17H,5,8-9,13-14H2,1H3,(H,26,28)/b20-12-/t17-/m1/s1. The molecule has 10 heteroatoms. The van der Waals surface area contributed by atoms with Gasteiger partial charge in [0.15, 0.2) is 18.1 Å². The second kappa shape index (κ2) is 11.2. The summed E-state index contributed by atoms with van der Waals surface area (Å²) in [7, 11) is 1.48. The van der Waals surface area contributed by atoms with Gasteiger partial charge in [0.2, 0.25) is 0 Å². The van der Waals surface area contributed by atoms with E-state index in [0.717, 1.165) is 19.4 Å². The summed E-state index contributed by atoms with van der Waals surface area (Å²) < 4.78 is 17.2. The normalized spacial score (nSPS) is 19.1. The van der Waals surface area contributed by atoms with Crippen LogP contribution in [0.15, 0.2) is 47.4 Å². The number of thioether (sulfide) groups is 1. The minimum absolute atomic E-state index is 0.0203. The Morgan fingerprint density at radius 1 is 1.35 bits per heavy atom. The number of thiocarbonyl (C=S) groups is 1. The number of para-hydroxylation sites is 1. The molecular weight excluding hydrogens is 496 g/mol. The molecule has 4 rings (SSSR count). The molecule has 2 aromatic carbocycles. The van der Waals surface area contributed by atoms with E-state index < -0.39 is 0 Å². The number of anilines is 1. The van der Waals surface area contributed by atoms with Gasteiger partial charge in [-0.3, -0.25) is 14.5 Å². The van der Waals surface area contributed by atoms with E-state index in [1.54, 1.807) is 35.2 Å². The minimum Gasteiger partial charge on any atom is -0.493 e. The molecule has 0 saturated carbocycles. The predicted molar refractivity (Wildman–Crippen MR) is 137 cm³/mol. The molecule has 2 aromatic rings. The molecule has 2 saturated heterocycles. The molecule has 178 valence electrons. The Morgan fingerprint density at radius 3 is 2.85 bits per heavy atom. The molecule has 34 heavy (non-hydrogen) atoms. The zero-order chi connectivity index (χ0) is 24.1. The van der Waals surface area contributed by atoms with E-state index in [9.17, 15) is 9.59 Å². The lowest BCUT2D eigenvalue weighted by Crippen LogP contribution is -2.35. The van der Waals surface area contributed by atoms with E-state index in [1.165, 1.54) is 18.9 Å². The number of nitrogens with zero attached hydrogens (tertiary/aromatic N) is 1. The van der Waals surface area contributed by atoms with Crippen molar-refractivity contribution in [3.8, 4) is 11.5 Å². The van der Waals surface area contributed by atoms with Gasteiger partial charge in [-0.05, 0) is 48.7 Å². The number of methoxy groups -OCH3 is 1. The number of nitrogens with one attached hydrogen (secondary N) is 1. The van der Waals surface area contributed by atoms with Crippen molar-refractivity contribution in [3.05, 3.63) is 58.0 Å². The number of rotatable bonds is 8. The number of carbonyl (C=O) groups excluding carboxylic acids is 2. The average molecular weight is 519 g/mol. The molecule has 0 bridgehead atoms. The Hall–Kier alpha value is -2.59. The number of hydrogen-bond donors (Lipinski definition) is 1. The molecule has 0 spiro atoms. The Balaban J connectivity index is 1.45. The minimum atomic E-state index is -0.330. The molecule has 0 radical (unpaired) electrons. The fourth-order valence-corrected chi connectivity index (χ4v) is 5.17. The summed E-state index contributed by atoms with van der Waals surface area (Å²) in [6, 6.07) is 12.4. The van der Waals surface area contributed by atoms with Gasteiger partial charge < -0.3 is 19.5 Å². The summed E-state index contributed by atoms with van der Waals surface area (Å²) in [5.74, 6) is 0.110. The van der Waals surface area contributed by atoms with Crippen molar-refractivity contribution in [2.24, 2.45) is 0 Å². The van der Waals surface area contributed by atoms with E-state index in [-0.39, 0.29) is 35.3 Å². The highest BCUT2D eigenvalue weighted by Crippen LogP contribution is 2.39. The van der Waals surface area contributed by atoms with Crippen LogP contribution < -0.4 is 14.8 Å². The molecule has 7 nitrogen and oxygen atoms in total. The van der Waals surface area contributed by atoms with E-state index in [2.05, 4.69) is 5.32 Å². The summed E-state index contributed by atoms with van der Waals surface area (Å²) in [4.78, 5) is 27.2. The molecule has 0 aromatic heterocycles. The fraction of sp³-hybridized carbons (Fsp3) is 0.292. The second-order valence-corrected chi connectivity index (χ2v) is 9.75. The number of ether oxygens (including phenoxy) is 3. The summed E-state index contributed by atoms with van der Waals surface area (Å²) in [5, 5.41) is 3.00. The van der Waals surface area contributed by atoms with Gasteiger partial charge in [0.05, 0.1) is 29.7 Å². The smallest absolute Gasteiger partial charge is 0.266 e. The van der Waals surface area contributed by atoms with Gasteiger partial charge in [-0.25, -0.2) is 0 Å². The van der Waals surface area contributed by atoms with Crippen molar-refractivity contribution in [3.63, 3.8) is 0 Å². The van der Waals surface area contributed by atoms with Gasteiger partial charge in [-0.15, -0.1) is 0 Å². The van der Waals surface area contributed by atoms with Crippen LogP contribution in [-0.4, -0.2) is 54.0 Å². The lowest BCUT2D eigenvalue weighted by Gasteiger charge is -2.18. The maximum Gasteiger partial charge on any atom is 0.266 e. The molecule has 0 unspecified atom stereocenters. The van der Waals surface area contributed by atoms with Gasteiger partial charge >= 0.3 is 0 Å².